The number of piperidine rings is 1. The van der Waals surface area contributed by atoms with Gasteiger partial charge in [0.15, 0.2) is 0 Å². The van der Waals surface area contributed by atoms with Crippen LogP contribution in [0.1, 0.15) is 19.8 Å². The Kier molecular flexibility index (Phi) is 4.52. The first-order valence-corrected chi connectivity index (χ1v) is 6.54. The summed E-state index contributed by atoms with van der Waals surface area (Å²) in [5.41, 5.74) is 1.48. The maximum atomic E-state index is 12.0. The lowest BCUT2D eigenvalue weighted by Gasteiger charge is -2.21. The summed E-state index contributed by atoms with van der Waals surface area (Å²) < 4.78 is 0. The Morgan fingerprint density at radius 3 is 2.32 bits per heavy atom. The lowest BCUT2D eigenvalue weighted by atomic mass is 9.99. The third kappa shape index (κ3) is 4.06. The molecule has 0 saturated carbocycles. The van der Waals surface area contributed by atoms with Gasteiger partial charge in [0.2, 0.25) is 11.8 Å². The van der Waals surface area contributed by atoms with E-state index in [0.29, 0.717) is 0 Å². The van der Waals surface area contributed by atoms with Crippen molar-refractivity contribution in [3.05, 3.63) is 24.3 Å². The summed E-state index contributed by atoms with van der Waals surface area (Å²) in [7, 11) is 0. The van der Waals surface area contributed by atoms with Crippen LogP contribution in [-0.2, 0) is 9.59 Å². The van der Waals surface area contributed by atoms with Gasteiger partial charge in [-0.3, -0.25) is 9.59 Å². The van der Waals surface area contributed by atoms with Gasteiger partial charge in [-0.15, -0.1) is 0 Å². The molecule has 0 radical (unpaired) electrons. The first-order chi connectivity index (χ1) is 9.15. The minimum atomic E-state index is -0.106. The average Bonchev–Trinajstić information content (AvgIpc) is 2.41. The molecule has 1 aliphatic heterocycles. The molecule has 1 atom stereocenters. The molecule has 1 fully saturated rings. The van der Waals surface area contributed by atoms with E-state index in [2.05, 4.69) is 16.0 Å². The van der Waals surface area contributed by atoms with Gasteiger partial charge in [-0.25, -0.2) is 0 Å². The first-order valence-electron chi connectivity index (χ1n) is 6.54. The van der Waals surface area contributed by atoms with Crippen molar-refractivity contribution in [1.82, 2.24) is 5.32 Å². The number of benzene rings is 1. The van der Waals surface area contributed by atoms with E-state index < -0.39 is 0 Å². The highest BCUT2D eigenvalue weighted by Gasteiger charge is 2.20. The zero-order valence-electron chi connectivity index (χ0n) is 11.0. The number of carbonyl (C=O) groups is 2. The van der Waals surface area contributed by atoms with E-state index in [1.165, 1.54) is 6.92 Å². The summed E-state index contributed by atoms with van der Waals surface area (Å²) in [6, 6.07) is 7.13. The highest BCUT2D eigenvalue weighted by Crippen LogP contribution is 2.16. The van der Waals surface area contributed by atoms with Gasteiger partial charge >= 0.3 is 0 Å². The SMILES string of the molecule is CC(=O)Nc1ccc(NC(=O)[C@@H]2CCCNC2)cc1. The summed E-state index contributed by atoms with van der Waals surface area (Å²) in [4.78, 5) is 22.9. The molecule has 3 N–H and O–H groups in total. The Labute approximate surface area is 112 Å². The summed E-state index contributed by atoms with van der Waals surface area (Å²) in [6.45, 7) is 3.21. The molecule has 1 heterocycles. The van der Waals surface area contributed by atoms with Gasteiger partial charge in [0.1, 0.15) is 0 Å². The molecule has 0 aromatic heterocycles. The Balaban J connectivity index is 1.91. The van der Waals surface area contributed by atoms with Crippen molar-refractivity contribution < 1.29 is 9.59 Å². The highest BCUT2D eigenvalue weighted by atomic mass is 16.2. The third-order valence-electron chi connectivity index (χ3n) is 3.14. The minimum absolute atomic E-state index is 0.0452. The van der Waals surface area contributed by atoms with Gasteiger partial charge < -0.3 is 16.0 Å². The van der Waals surface area contributed by atoms with Gasteiger partial charge in [0, 0.05) is 24.8 Å². The van der Waals surface area contributed by atoms with Gasteiger partial charge in [-0.05, 0) is 43.7 Å². The van der Waals surface area contributed by atoms with Crippen LogP contribution in [0.15, 0.2) is 24.3 Å². The van der Waals surface area contributed by atoms with Crippen LogP contribution in [0.5, 0.6) is 0 Å². The van der Waals surface area contributed by atoms with E-state index in [9.17, 15) is 9.59 Å². The normalized spacial score (nSPS) is 18.7. The second-order valence-electron chi connectivity index (χ2n) is 4.79. The van der Waals surface area contributed by atoms with E-state index in [1.54, 1.807) is 24.3 Å². The second-order valence-corrected chi connectivity index (χ2v) is 4.79. The summed E-state index contributed by atoms with van der Waals surface area (Å²) in [5, 5.41) is 8.81. The van der Waals surface area contributed by atoms with E-state index >= 15 is 0 Å². The average molecular weight is 261 g/mol. The molecule has 5 heteroatoms. The Bertz CT molecular complexity index is 450. The summed E-state index contributed by atoms with van der Waals surface area (Å²) >= 11 is 0. The molecular formula is C14H19N3O2. The fourth-order valence-corrected chi connectivity index (χ4v) is 2.16. The van der Waals surface area contributed by atoms with Crippen LogP contribution in [0, 0.1) is 5.92 Å². The van der Waals surface area contributed by atoms with Crippen LogP contribution < -0.4 is 16.0 Å². The topological polar surface area (TPSA) is 70.2 Å². The Hall–Kier alpha value is -1.88. The number of hydrogen-bond acceptors (Lipinski definition) is 3. The minimum Gasteiger partial charge on any atom is -0.326 e. The fourth-order valence-electron chi connectivity index (χ4n) is 2.16. The largest absolute Gasteiger partial charge is 0.326 e. The van der Waals surface area contributed by atoms with Gasteiger partial charge in [0.25, 0.3) is 0 Å². The molecule has 1 aromatic rings. The van der Waals surface area contributed by atoms with Gasteiger partial charge in [-0.1, -0.05) is 0 Å². The maximum absolute atomic E-state index is 12.0. The molecule has 5 nitrogen and oxygen atoms in total. The molecule has 0 bridgehead atoms. The van der Waals surface area contributed by atoms with Crippen molar-refractivity contribution in [1.29, 1.82) is 0 Å². The van der Waals surface area contributed by atoms with Crippen LogP contribution in [0.4, 0.5) is 11.4 Å². The molecule has 1 aromatic carbocycles. The van der Waals surface area contributed by atoms with Crippen molar-refractivity contribution in [2.75, 3.05) is 23.7 Å². The zero-order chi connectivity index (χ0) is 13.7. The molecule has 1 saturated heterocycles. The molecule has 2 amide bonds. The van der Waals surface area contributed by atoms with Crippen molar-refractivity contribution in [3.63, 3.8) is 0 Å². The predicted molar refractivity (Wildman–Crippen MR) is 75.0 cm³/mol. The van der Waals surface area contributed by atoms with E-state index in [4.69, 9.17) is 0 Å². The number of carbonyl (C=O) groups excluding carboxylic acids is 2. The van der Waals surface area contributed by atoms with Crippen molar-refractivity contribution in [2.45, 2.75) is 19.8 Å². The molecule has 2 rings (SSSR count). The lowest BCUT2D eigenvalue weighted by molar-refractivity contribution is -0.120. The highest BCUT2D eigenvalue weighted by molar-refractivity contribution is 5.93. The third-order valence-corrected chi connectivity index (χ3v) is 3.14. The second kappa shape index (κ2) is 6.33. The van der Waals surface area contributed by atoms with Crippen LogP contribution in [0.25, 0.3) is 0 Å². The van der Waals surface area contributed by atoms with E-state index in [1.807, 2.05) is 0 Å². The van der Waals surface area contributed by atoms with Crippen molar-refractivity contribution in [3.8, 4) is 0 Å². The molecule has 1 aliphatic rings. The van der Waals surface area contributed by atoms with Crippen molar-refractivity contribution in [2.24, 2.45) is 5.92 Å². The van der Waals surface area contributed by atoms with Crippen LogP contribution in [0.3, 0.4) is 0 Å². The number of hydrogen-bond donors (Lipinski definition) is 3. The molecule has 102 valence electrons. The lowest BCUT2D eigenvalue weighted by Crippen LogP contribution is -2.37. The Morgan fingerprint density at radius 1 is 1.16 bits per heavy atom. The molecule has 19 heavy (non-hydrogen) atoms. The number of nitrogens with one attached hydrogen (secondary N) is 3. The van der Waals surface area contributed by atoms with Gasteiger partial charge in [-0.2, -0.15) is 0 Å². The smallest absolute Gasteiger partial charge is 0.228 e. The van der Waals surface area contributed by atoms with Crippen LogP contribution >= 0.6 is 0 Å². The number of anilines is 2. The quantitative estimate of drug-likeness (QED) is 0.773. The zero-order valence-corrected chi connectivity index (χ0v) is 11.0. The first kappa shape index (κ1) is 13.5. The predicted octanol–water partition coefficient (Wildman–Crippen LogP) is 1.58. The summed E-state index contributed by atoms with van der Waals surface area (Å²) in [6.07, 6.45) is 1.97. The molecule has 0 aliphatic carbocycles. The Morgan fingerprint density at radius 2 is 1.79 bits per heavy atom. The molecule has 0 unspecified atom stereocenters. The van der Waals surface area contributed by atoms with Crippen molar-refractivity contribution >= 4 is 23.2 Å². The monoisotopic (exact) mass is 261 g/mol. The van der Waals surface area contributed by atoms with Gasteiger partial charge in [0.05, 0.1) is 5.92 Å². The van der Waals surface area contributed by atoms with Crippen LogP contribution in [0.2, 0.25) is 0 Å². The number of rotatable bonds is 3. The molecular weight excluding hydrogens is 242 g/mol. The number of amides is 2. The molecule has 0 spiro atoms. The maximum Gasteiger partial charge on any atom is 0.228 e. The fraction of sp³-hybridized carbons (Fsp3) is 0.429. The van der Waals surface area contributed by atoms with E-state index in [-0.39, 0.29) is 17.7 Å². The van der Waals surface area contributed by atoms with E-state index in [0.717, 1.165) is 37.3 Å². The van der Waals surface area contributed by atoms with Crippen LogP contribution in [-0.4, -0.2) is 24.9 Å². The summed E-state index contributed by atoms with van der Waals surface area (Å²) in [5.74, 6) is -0.00619. The standard InChI is InChI=1S/C14H19N3O2/c1-10(18)16-12-4-6-13(7-5-12)17-14(19)11-3-2-8-15-9-11/h4-7,11,15H,2-3,8-9H2,1H3,(H,16,18)(H,17,19)/t11-/m1/s1.